The number of benzene rings is 6. The maximum absolute atomic E-state index is 13.4. The molecule has 0 saturated heterocycles. The van der Waals surface area contributed by atoms with Gasteiger partial charge >= 0.3 is 59.1 Å². The van der Waals surface area contributed by atoms with Crippen LogP contribution in [0.2, 0.25) is 0 Å². The van der Waals surface area contributed by atoms with Crippen LogP contribution in [0.15, 0.2) is 131 Å². The van der Waals surface area contributed by atoms with E-state index in [0.29, 0.717) is 17.8 Å². The number of rotatable bonds is 11. The van der Waals surface area contributed by atoms with Crippen molar-refractivity contribution in [1.29, 1.82) is 0 Å². The van der Waals surface area contributed by atoms with Gasteiger partial charge < -0.3 is 19.3 Å². The first kappa shape index (κ1) is 42.9. The van der Waals surface area contributed by atoms with Gasteiger partial charge in [0, 0.05) is 11.1 Å². The number of methoxy groups -OCH3 is 1. The normalized spacial score (nSPS) is 12.5. The second-order valence-corrected chi connectivity index (χ2v) is 14.8. The van der Waals surface area contributed by atoms with E-state index in [4.69, 9.17) is 9.47 Å². The third-order valence-electron chi connectivity index (χ3n) is 9.69. The molecule has 6 aromatic rings. The van der Waals surface area contributed by atoms with Crippen LogP contribution in [0, 0.1) is 20.8 Å². The molecule has 0 aromatic heterocycles. The Bertz CT molecular complexity index is 2480. The van der Waals surface area contributed by atoms with E-state index in [2.05, 4.69) is 76.1 Å². The molecule has 6 aromatic carbocycles. The standard InChI is InChI=1S/C42H34O9S2.2Na/c1-25-13-14-29(24-40(25)53(45,46)47)41(43)28-15-18-38(39(23-28)52-51-50-44)49-37-20-17-31(22-27(37)3)42(30-16-19-36(48-4)26(2)21-30)34-11-7-5-9-32(34)33-10-6-8-12-35(33)42;;/h5-24,44H,1-4H3,(H,45,46,47);;/q;2*+1/p-2. The van der Waals surface area contributed by atoms with Crippen LogP contribution in [-0.2, 0) is 24.9 Å². The Morgan fingerprint density at radius 3 is 1.73 bits per heavy atom. The molecule has 0 amide bonds. The van der Waals surface area contributed by atoms with E-state index in [1.807, 2.05) is 32.0 Å². The molecule has 0 aliphatic heterocycles. The number of ether oxygens (including phenoxy) is 2. The van der Waals surface area contributed by atoms with E-state index >= 15 is 0 Å². The fourth-order valence-electron chi connectivity index (χ4n) is 7.28. The molecule has 0 unspecified atom stereocenters. The number of hydrogen-bond acceptors (Lipinski definition) is 10. The zero-order chi connectivity index (χ0) is 37.5. The Labute approximate surface area is 368 Å². The molecule has 0 fully saturated rings. The van der Waals surface area contributed by atoms with Crippen LogP contribution in [0.25, 0.3) is 11.1 Å². The average Bonchev–Trinajstić information content (AvgIpc) is 3.45. The summed E-state index contributed by atoms with van der Waals surface area (Å²) in [7, 11) is -3.14. The van der Waals surface area contributed by atoms with Gasteiger partial charge in [0.2, 0.25) is 0 Å². The van der Waals surface area contributed by atoms with Gasteiger partial charge in [-0.05, 0) is 107 Å². The van der Waals surface area contributed by atoms with Gasteiger partial charge in [-0.2, -0.15) is 4.33 Å². The minimum Gasteiger partial charge on any atom is -0.744 e. The van der Waals surface area contributed by atoms with Gasteiger partial charge in [-0.25, -0.2) is 8.42 Å². The summed E-state index contributed by atoms with van der Waals surface area (Å²) in [6.45, 7) is 5.45. The Kier molecular flexibility index (Phi) is 13.6. The van der Waals surface area contributed by atoms with Crippen LogP contribution in [0.5, 0.6) is 17.2 Å². The van der Waals surface area contributed by atoms with Crippen LogP contribution in [0.4, 0.5) is 0 Å². The molecular formula is C42H32Na2O9S2. The van der Waals surface area contributed by atoms with E-state index in [1.54, 1.807) is 13.2 Å². The minimum atomic E-state index is -4.80. The second kappa shape index (κ2) is 17.5. The first-order chi connectivity index (χ1) is 25.5. The zero-order valence-corrected chi connectivity index (χ0v) is 36.7. The molecule has 1 aliphatic carbocycles. The van der Waals surface area contributed by atoms with Crippen LogP contribution in [0.1, 0.15) is 54.9 Å². The van der Waals surface area contributed by atoms with E-state index in [0.717, 1.165) is 56.3 Å². The Morgan fingerprint density at radius 1 is 0.655 bits per heavy atom. The van der Waals surface area contributed by atoms with Crippen molar-refractivity contribution in [1.82, 2.24) is 0 Å². The Hall–Kier alpha value is -3.27. The number of carbonyl (C=O) groups excluding carboxylic acids is 1. The van der Waals surface area contributed by atoms with Crippen molar-refractivity contribution in [2.75, 3.05) is 7.11 Å². The summed E-state index contributed by atoms with van der Waals surface area (Å²) in [5.74, 6) is 1.03. The summed E-state index contributed by atoms with van der Waals surface area (Å²) in [5, 5.41) is 14.4. The summed E-state index contributed by atoms with van der Waals surface area (Å²) in [6.07, 6.45) is 0. The largest absolute Gasteiger partial charge is 1.00 e. The first-order valence-corrected chi connectivity index (χ1v) is 18.6. The van der Waals surface area contributed by atoms with Crippen LogP contribution in [-0.4, -0.2) is 25.9 Å². The van der Waals surface area contributed by atoms with Gasteiger partial charge in [0.25, 0.3) is 0 Å². The van der Waals surface area contributed by atoms with Gasteiger partial charge in [-0.3, -0.25) is 9.83 Å². The van der Waals surface area contributed by atoms with Crippen molar-refractivity contribution < 1.29 is 101 Å². The number of aryl methyl sites for hydroxylation is 3. The molecule has 9 nitrogen and oxygen atoms in total. The molecule has 1 aliphatic rings. The van der Waals surface area contributed by atoms with Gasteiger partial charge in [0.1, 0.15) is 27.4 Å². The maximum atomic E-state index is 13.4. The van der Waals surface area contributed by atoms with E-state index in [-0.39, 0.29) is 86.4 Å². The van der Waals surface area contributed by atoms with Gasteiger partial charge in [0.15, 0.2) is 5.78 Å². The number of carbonyl (C=O) groups is 1. The maximum Gasteiger partial charge on any atom is 1.00 e. The predicted molar refractivity (Wildman–Crippen MR) is 197 cm³/mol. The van der Waals surface area contributed by atoms with E-state index in [9.17, 15) is 23.0 Å². The number of ketones is 1. The van der Waals surface area contributed by atoms with Crippen molar-refractivity contribution in [2.45, 2.75) is 36.0 Å². The van der Waals surface area contributed by atoms with Gasteiger partial charge in [0.05, 0.1) is 34.4 Å². The number of hydrogen-bond donors (Lipinski definition) is 0. The first-order valence-electron chi connectivity index (χ1n) is 16.5. The third-order valence-corrected chi connectivity index (χ3v) is 11.3. The van der Waals surface area contributed by atoms with Gasteiger partial charge in [-0.1, -0.05) is 84.9 Å². The summed E-state index contributed by atoms with van der Waals surface area (Å²) in [6, 6.07) is 37.6. The monoisotopic (exact) mass is 790 g/mol. The molecule has 0 atom stereocenters. The van der Waals surface area contributed by atoms with E-state index in [1.165, 1.54) is 31.2 Å². The predicted octanol–water partition coefficient (Wildman–Crippen LogP) is 2.15. The molecular weight excluding hydrogens is 759 g/mol. The summed E-state index contributed by atoms with van der Waals surface area (Å²) >= 11 is 0.550. The molecule has 0 spiro atoms. The minimum absolute atomic E-state index is 0. The molecule has 7 rings (SSSR count). The smallest absolute Gasteiger partial charge is 0.744 e. The number of fused-ring (bicyclic) bond motifs is 3. The SMILES string of the molecule is COc1ccc(C2(c3ccc(Oc4ccc(C(=O)c5ccc(C)c(S(=O)(=O)[O-])c5)cc4SOO[O-])c(C)c3)c3ccccc3-c3ccccc32)cc1C.[Na+].[Na+]. The molecule has 0 saturated carbocycles. The summed E-state index contributed by atoms with van der Waals surface area (Å²) in [4.78, 5) is 13.2. The van der Waals surface area contributed by atoms with Gasteiger partial charge in [-0.15, -0.1) is 0 Å². The van der Waals surface area contributed by atoms with Crippen LogP contribution >= 0.6 is 12.0 Å². The van der Waals surface area contributed by atoms with Crippen molar-refractivity contribution >= 4 is 27.9 Å². The Balaban J connectivity index is 0.00000290. The van der Waals surface area contributed by atoms with Crippen molar-refractivity contribution in [3.05, 3.63) is 171 Å². The van der Waals surface area contributed by atoms with Crippen LogP contribution in [0.3, 0.4) is 0 Å². The third kappa shape index (κ3) is 8.00. The molecule has 268 valence electrons. The zero-order valence-electron chi connectivity index (χ0n) is 31.0. The van der Waals surface area contributed by atoms with Crippen molar-refractivity contribution in [2.24, 2.45) is 0 Å². The Morgan fingerprint density at radius 2 is 1.18 bits per heavy atom. The quantitative estimate of drug-likeness (QED) is 0.0480. The van der Waals surface area contributed by atoms with Crippen molar-refractivity contribution in [3.8, 4) is 28.4 Å². The molecule has 13 heteroatoms. The summed E-state index contributed by atoms with van der Waals surface area (Å²) in [5.41, 5.74) is 8.27. The molecule has 0 N–H and O–H groups in total. The fourth-order valence-corrected chi connectivity index (χ4v) is 8.48. The average molecular weight is 791 g/mol. The molecule has 0 heterocycles. The fraction of sp³-hybridized carbons (Fsp3) is 0.119. The topological polar surface area (TPSA) is 134 Å². The molecule has 0 bridgehead atoms. The van der Waals surface area contributed by atoms with Crippen molar-refractivity contribution in [3.63, 3.8) is 0 Å². The molecule has 0 radical (unpaired) electrons. The summed E-state index contributed by atoms with van der Waals surface area (Å²) < 4.78 is 51.9. The van der Waals surface area contributed by atoms with Crippen LogP contribution < -0.4 is 73.8 Å². The second-order valence-electron chi connectivity index (χ2n) is 12.8. The van der Waals surface area contributed by atoms with E-state index < -0.39 is 26.2 Å². The molecule has 55 heavy (non-hydrogen) atoms.